The van der Waals surface area contributed by atoms with Crippen LogP contribution in [0.15, 0.2) is 115 Å². The first-order valence-corrected chi connectivity index (χ1v) is 15.1. The van der Waals surface area contributed by atoms with Gasteiger partial charge >= 0.3 is 0 Å². The Bertz CT molecular complexity index is 2290. The summed E-state index contributed by atoms with van der Waals surface area (Å²) in [4.78, 5) is 10.8. The van der Waals surface area contributed by atoms with Gasteiger partial charge in [0.1, 0.15) is 5.82 Å². The number of hydrogen-bond acceptors (Lipinski definition) is 2. The van der Waals surface area contributed by atoms with Gasteiger partial charge in [0.15, 0.2) is 5.82 Å². The second-order valence-corrected chi connectivity index (χ2v) is 13.0. The number of nitrogens with zero attached hydrogens (tertiary/aromatic N) is 3. The summed E-state index contributed by atoms with van der Waals surface area (Å²) in [7, 11) is 0. The fraction of sp³-hybridized carbons (Fsp3) is 0.150. The van der Waals surface area contributed by atoms with E-state index in [4.69, 9.17) is 9.97 Å². The molecule has 0 fully saturated rings. The predicted octanol–water partition coefficient (Wildman–Crippen LogP) is 9.85. The molecule has 3 nitrogen and oxygen atoms in total. The summed E-state index contributed by atoms with van der Waals surface area (Å²) in [5, 5.41) is 2.49. The molecule has 2 heterocycles. The molecule has 206 valence electrons. The van der Waals surface area contributed by atoms with Crippen molar-refractivity contribution in [3.8, 4) is 39.5 Å². The summed E-state index contributed by atoms with van der Waals surface area (Å²) >= 11 is 0. The number of hydrogen-bond donors (Lipinski definition) is 0. The lowest BCUT2D eigenvalue weighted by molar-refractivity contribution is 0.635. The Morgan fingerprint density at radius 3 is 1.91 bits per heavy atom. The van der Waals surface area contributed by atoms with Crippen molar-refractivity contribution in [3.63, 3.8) is 0 Å². The molecule has 9 rings (SSSR count). The van der Waals surface area contributed by atoms with E-state index in [2.05, 4.69) is 141 Å². The zero-order chi connectivity index (χ0) is 29.1. The van der Waals surface area contributed by atoms with Crippen LogP contribution < -0.4 is 0 Å². The third-order valence-corrected chi connectivity index (χ3v) is 9.98. The first-order valence-electron chi connectivity index (χ1n) is 15.1. The molecule has 0 N–H and O–H groups in total. The fourth-order valence-electron chi connectivity index (χ4n) is 7.86. The van der Waals surface area contributed by atoms with Crippen molar-refractivity contribution in [3.05, 3.63) is 138 Å². The van der Waals surface area contributed by atoms with E-state index in [-0.39, 0.29) is 10.8 Å². The van der Waals surface area contributed by atoms with E-state index in [1.165, 1.54) is 49.7 Å². The average molecular weight is 554 g/mol. The largest absolute Gasteiger partial charge is 0.292 e. The van der Waals surface area contributed by atoms with E-state index >= 15 is 0 Å². The molecule has 0 saturated heterocycles. The third kappa shape index (κ3) is 3.09. The maximum atomic E-state index is 5.49. The molecule has 0 unspecified atom stereocenters. The minimum Gasteiger partial charge on any atom is -0.292 e. The molecule has 5 aromatic carbocycles. The second kappa shape index (κ2) is 8.29. The monoisotopic (exact) mass is 553 g/mol. The van der Waals surface area contributed by atoms with Gasteiger partial charge in [-0.1, -0.05) is 137 Å². The van der Waals surface area contributed by atoms with Crippen molar-refractivity contribution >= 4 is 21.8 Å². The summed E-state index contributed by atoms with van der Waals surface area (Å²) in [5.41, 5.74) is 13.1. The molecule has 2 aromatic heterocycles. The van der Waals surface area contributed by atoms with Gasteiger partial charge in [0.05, 0.1) is 16.7 Å². The SMILES string of the molecule is CC1(C)c2ccccc2-c2c1ccc1c3ccccc3n(-c3nc(-c4ccccc4)nc4c3-c3ccccc3C4(C)C)c21. The van der Waals surface area contributed by atoms with Gasteiger partial charge in [0.25, 0.3) is 0 Å². The first-order chi connectivity index (χ1) is 20.9. The van der Waals surface area contributed by atoms with Gasteiger partial charge in [-0.25, -0.2) is 9.97 Å². The van der Waals surface area contributed by atoms with Gasteiger partial charge in [-0.3, -0.25) is 4.57 Å². The average Bonchev–Trinajstić information content (AvgIpc) is 3.58. The molecule has 0 amide bonds. The summed E-state index contributed by atoms with van der Waals surface area (Å²) in [6, 6.07) is 41.6. The van der Waals surface area contributed by atoms with E-state index in [9.17, 15) is 0 Å². The maximum Gasteiger partial charge on any atom is 0.161 e. The lowest BCUT2D eigenvalue weighted by Crippen LogP contribution is -2.18. The normalized spacial score (nSPS) is 15.3. The lowest BCUT2D eigenvalue weighted by atomic mass is 9.82. The highest BCUT2D eigenvalue weighted by Gasteiger charge is 2.42. The standard InChI is InChI=1S/C40H31N3/c1-39(2)29-19-11-8-17-27(29)33-31(39)23-22-26-25-16-10-13-21-32(25)43(35(26)33)38-34-28-18-9-12-20-30(28)40(3,4)36(34)41-37(42-38)24-14-6-5-7-15-24/h5-23H,1-4H3. The number of benzene rings is 5. The second-order valence-electron chi connectivity index (χ2n) is 13.0. The quantitative estimate of drug-likeness (QED) is 0.213. The van der Waals surface area contributed by atoms with E-state index in [0.717, 1.165) is 34.0 Å². The van der Waals surface area contributed by atoms with Crippen LogP contribution in [0.25, 0.3) is 61.3 Å². The van der Waals surface area contributed by atoms with E-state index in [0.29, 0.717) is 0 Å². The minimum absolute atomic E-state index is 0.0984. The van der Waals surface area contributed by atoms with Gasteiger partial charge in [-0.05, 0) is 33.9 Å². The summed E-state index contributed by atoms with van der Waals surface area (Å²) in [6.07, 6.45) is 0. The van der Waals surface area contributed by atoms with Crippen LogP contribution in [-0.4, -0.2) is 14.5 Å². The number of rotatable bonds is 2. The fourth-order valence-corrected chi connectivity index (χ4v) is 7.86. The van der Waals surface area contributed by atoms with Crippen molar-refractivity contribution in [2.24, 2.45) is 0 Å². The molecule has 0 radical (unpaired) electrons. The zero-order valence-electron chi connectivity index (χ0n) is 24.8. The molecular formula is C40H31N3. The molecule has 0 aliphatic heterocycles. The van der Waals surface area contributed by atoms with Crippen LogP contribution >= 0.6 is 0 Å². The topological polar surface area (TPSA) is 30.7 Å². The Morgan fingerprint density at radius 1 is 0.512 bits per heavy atom. The summed E-state index contributed by atoms with van der Waals surface area (Å²) in [5.74, 6) is 1.71. The molecule has 0 spiro atoms. The molecule has 2 aliphatic carbocycles. The third-order valence-electron chi connectivity index (χ3n) is 9.98. The van der Waals surface area contributed by atoms with Crippen LogP contribution in [0.3, 0.4) is 0 Å². The van der Waals surface area contributed by atoms with E-state index < -0.39 is 0 Å². The van der Waals surface area contributed by atoms with Crippen LogP contribution in [0.1, 0.15) is 50.1 Å². The molecule has 7 aromatic rings. The minimum atomic E-state index is -0.261. The first kappa shape index (κ1) is 24.6. The number of para-hydroxylation sites is 1. The van der Waals surface area contributed by atoms with Crippen molar-refractivity contribution in [2.75, 3.05) is 0 Å². The molecule has 2 aliphatic rings. The highest BCUT2D eigenvalue weighted by Crippen LogP contribution is 2.55. The maximum absolute atomic E-state index is 5.49. The Morgan fingerprint density at radius 2 is 1.14 bits per heavy atom. The van der Waals surface area contributed by atoms with Gasteiger partial charge in [0, 0.05) is 38.3 Å². The highest BCUT2D eigenvalue weighted by atomic mass is 15.1. The molecule has 3 heteroatoms. The predicted molar refractivity (Wildman–Crippen MR) is 177 cm³/mol. The summed E-state index contributed by atoms with van der Waals surface area (Å²) < 4.78 is 2.45. The van der Waals surface area contributed by atoms with E-state index in [1.54, 1.807) is 0 Å². The lowest BCUT2D eigenvalue weighted by Gasteiger charge is -2.22. The molecular weight excluding hydrogens is 522 g/mol. The van der Waals surface area contributed by atoms with Gasteiger partial charge < -0.3 is 0 Å². The summed E-state index contributed by atoms with van der Waals surface area (Å²) in [6.45, 7) is 9.30. The number of aromatic nitrogens is 3. The Labute approximate surface area is 251 Å². The highest BCUT2D eigenvalue weighted by molar-refractivity contribution is 6.16. The van der Waals surface area contributed by atoms with Crippen molar-refractivity contribution in [2.45, 2.75) is 38.5 Å². The van der Waals surface area contributed by atoms with Crippen LogP contribution in [0.4, 0.5) is 0 Å². The van der Waals surface area contributed by atoms with Crippen molar-refractivity contribution in [1.82, 2.24) is 14.5 Å². The number of fused-ring (bicyclic) bond motifs is 10. The Hall–Kier alpha value is -5.02. The van der Waals surface area contributed by atoms with Crippen LogP contribution in [-0.2, 0) is 10.8 Å². The zero-order valence-corrected chi connectivity index (χ0v) is 24.8. The van der Waals surface area contributed by atoms with Gasteiger partial charge in [-0.2, -0.15) is 0 Å². The van der Waals surface area contributed by atoms with Crippen LogP contribution in [0, 0.1) is 0 Å². The van der Waals surface area contributed by atoms with Gasteiger partial charge in [0.2, 0.25) is 0 Å². The molecule has 0 saturated carbocycles. The van der Waals surface area contributed by atoms with Crippen LogP contribution in [0.5, 0.6) is 0 Å². The van der Waals surface area contributed by atoms with Crippen LogP contribution in [0.2, 0.25) is 0 Å². The Kier molecular flexibility index (Phi) is 4.74. The van der Waals surface area contributed by atoms with E-state index in [1.807, 2.05) is 6.07 Å². The van der Waals surface area contributed by atoms with Gasteiger partial charge in [-0.15, -0.1) is 0 Å². The van der Waals surface area contributed by atoms with Crippen molar-refractivity contribution in [1.29, 1.82) is 0 Å². The smallest absolute Gasteiger partial charge is 0.161 e. The van der Waals surface area contributed by atoms with Crippen molar-refractivity contribution < 1.29 is 0 Å². The molecule has 43 heavy (non-hydrogen) atoms. The Balaban J connectivity index is 1.51. The molecule has 0 atom stereocenters. The molecule has 0 bridgehead atoms.